The van der Waals surface area contributed by atoms with Gasteiger partial charge in [0.2, 0.25) is 0 Å². The van der Waals surface area contributed by atoms with Gasteiger partial charge >= 0.3 is 8.60 Å². The van der Waals surface area contributed by atoms with Crippen molar-refractivity contribution in [3.63, 3.8) is 0 Å². The second kappa shape index (κ2) is 13.3. The number of phenols is 4. The summed E-state index contributed by atoms with van der Waals surface area (Å²) in [4.78, 5) is 21.7. The monoisotopic (exact) mass is 538 g/mol. The predicted molar refractivity (Wildman–Crippen MR) is 150 cm³/mol. The lowest BCUT2D eigenvalue weighted by Gasteiger charge is -2.26. The fourth-order valence-corrected chi connectivity index (χ4v) is 3.85. The van der Waals surface area contributed by atoms with E-state index in [-0.39, 0.29) is 33.8 Å². The quantitative estimate of drug-likeness (QED) is 0.157. The summed E-state index contributed by atoms with van der Waals surface area (Å²) in [5, 5.41) is 37.2. The topological polar surface area (TPSA) is 142 Å². The second-order valence-electron chi connectivity index (χ2n) is 9.71. The predicted octanol–water partition coefficient (Wildman–Crippen LogP) is 6.04. The van der Waals surface area contributed by atoms with Gasteiger partial charge in [0.15, 0.2) is 0 Å². The maximum absolute atomic E-state index is 9.30. The summed E-state index contributed by atoms with van der Waals surface area (Å²) < 4.78 is 0. The fraction of sp³-hybridized carbons (Fsp3) is 0.200. The van der Waals surface area contributed by atoms with Crippen molar-refractivity contribution in [1.29, 1.82) is 0 Å². The van der Waals surface area contributed by atoms with Crippen LogP contribution in [0.15, 0.2) is 97.1 Å². The Kier molecular flexibility index (Phi) is 10.7. The number of hydrogen-bond donors (Lipinski definition) is 7. The number of phenolic OH excluding ortho intramolecular Hbond substituents is 4. The molecule has 4 rings (SSSR count). The van der Waals surface area contributed by atoms with Gasteiger partial charge in [-0.25, -0.2) is 0 Å². The van der Waals surface area contributed by atoms with Crippen molar-refractivity contribution in [2.24, 2.45) is 0 Å². The minimum absolute atomic E-state index is 0.151. The number of hydrogen-bond acceptors (Lipinski definition) is 7. The van der Waals surface area contributed by atoms with E-state index in [0.29, 0.717) is 0 Å². The third kappa shape index (κ3) is 8.75. The Hall–Kier alpha value is -3.61. The van der Waals surface area contributed by atoms with Gasteiger partial charge in [-0.1, -0.05) is 76.2 Å². The van der Waals surface area contributed by atoms with Crippen LogP contribution in [-0.4, -0.2) is 35.1 Å². The molecule has 0 saturated heterocycles. The largest absolute Gasteiger partial charge is 0.508 e. The van der Waals surface area contributed by atoms with Crippen LogP contribution in [0.3, 0.4) is 0 Å². The van der Waals surface area contributed by atoms with Gasteiger partial charge in [-0.3, -0.25) is 0 Å². The molecule has 8 heteroatoms. The molecule has 0 unspecified atom stereocenters. The summed E-state index contributed by atoms with van der Waals surface area (Å²) >= 11 is 0. The first-order valence-electron chi connectivity index (χ1n) is 11.8. The summed E-state index contributed by atoms with van der Waals surface area (Å²) in [7, 11) is -2.62. The van der Waals surface area contributed by atoms with E-state index in [2.05, 4.69) is 27.7 Å². The smallest absolute Gasteiger partial charge is 0.324 e. The molecule has 7 N–H and O–H groups in total. The minimum Gasteiger partial charge on any atom is -0.508 e. The number of rotatable bonds is 4. The van der Waals surface area contributed by atoms with Gasteiger partial charge in [0.05, 0.1) is 0 Å². The van der Waals surface area contributed by atoms with Crippen LogP contribution in [0.4, 0.5) is 0 Å². The Labute approximate surface area is 224 Å². The molecule has 0 saturated carbocycles. The Bertz CT molecular complexity index is 1050. The van der Waals surface area contributed by atoms with E-state index in [1.807, 2.05) is 48.5 Å². The molecule has 4 aromatic carbocycles. The summed E-state index contributed by atoms with van der Waals surface area (Å²) in [6, 6.07) is 28.9. The van der Waals surface area contributed by atoms with E-state index < -0.39 is 8.60 Å². The molecule has 0 heterocycles. The Morgan fingerprint density at radius 2 is 0.500 bits per heavy atom. The maximum Gasteiger partial charge on any atom is 0.324 e. The van der Waals surface area contributed by atoms with Gasteiger partial charge in [0.25, 0.3) is 0 Å². The molecule has 0 aliphatic carbocycles. The van der Waals surface area contributed by atoms with Crippen molar-refractivity contribution in [3.8, 4) is 23.0 Å². The van der Waals surface area contributed by atoms with Crippen molar-refractivity contribution in [2.75, 3.05) is 0 Å². The molecular formula is C30H35O7P. The van der Waals surface area contributed by atoms with Crippen molar-refractivity contribution in [1.82, 2.24) is 0 Å². The van der Waals surface area contributed by atoms with Crippen LogP contribution in [-0.2, 0) is 10.8 Å². The van der Waals surface area contributed by atoms with E-state index in [4.69, 9.17) is 14.7 Å². The highest BCUT2D eigenvalue weighted by molar-refractivity contribution is 7.38. The van der Waals surface area contributed by atoms with Crippen LogP contribution in [0.1, 0.15) is 49.9 Å². The fourth-order valence-electron chi connectivity index (χ4n) is 3.85. The summed E-state index contributed by atoms with van der Waals surface area (Å²) in [6.07, 6.45) is 0. The molecule has 0 aliphatic heterocycles. The van der Waals surface area contributed by atoms with E-state index >= 15 is 0 Å². The van der Waals surface area contributed by atoms with Crippen LogP contribution in [0.5, 0.6) is 23.0 Å². The first-order chi connectivity index (χ1) is 17.7. The molecule has 0 atom stereocenters. The van der Waals surface area contributed by atoms with Gasteiger partial charge in [0, 0.05) is 10.8 Å². The van der Waals surface area contributed by atoms with Crippen LogP contribution in [0, 0.1) is 0 Å². The van der Waals surface area contributed by atoms with E-state index in [1.165, 1.54) is 0 Å². The Balaban J connectivity index is 0.000000234. The highest BCUT2D eigenvalue weighted by Gasteiger charge is 2.23. The Morgan fingerprint density at radius 1 is 0.368 bits per heavy atom. The van der Waals surface area contributed by atoms with Crippen LogP contribution in [0.25, 0.3) is 0 Å². The first-order valence-corrected chi connectivity index (χ1v) is 13.0. The number of aromatic hydroxyl groups is 4. The molecule has 0 fully saturated rings. The van der Waals surface area contributed by atoms with Crippen LogP contribution >= 0.6 is 8.60 Å². The average molecular weight is 539 g/mol. The highest BCUT2D eigenvalue weighted by Crippen LogP contribution is 2.34. The van der Waals surface area contributed by atoms with E-state index in [9.17, 15) is 20.4 Å². The molecule has 7 nitrogen and oxygen atoms in total. The molecule has 0 spiro atoms. The molecule has 38 heavy (non-hydrogen) atoms. The van der Waals surface area contributed by atoms with Gasteiger partial charge in [-0.2, -0.15) is 0 Å². The zero-order valence-corrected chi connectivity index (χ0v) is 22.7. The molecule has 0 aliphatic rings. The second-order valence-corrected chi connectivity index (χ2v) is 10.2. The van der Waals surface area contributed by atoms with Crippen molar-refractivity contribution in [2.45, 2.75) is 38.5 Å². The normalized spacial score (nSPS) is 11.2. The molecule has 0 aromatic heterocycles. The lowest BCUT2D eigenvalue weighted by Crippen LogP contribution is -2.18. The van der Waals surface area contributed by atoms with Crippen LogP contribution in [0.2, 0.25) is 0 Å². The first kappa shape index (κ1) is 30.6. The molecule has 0 radical (unpaired) electrons. The van der Waals surface area contributed by atoms with Crippen molar-refractivity contribution < 1.29 is 35.1 Å². The zero-order chi connectivity index (χ0) is 28.5. The molecule has 0 bridgehead atoms. The summed E-state index contributed by atoms with van der Waals surface area (Å²) in [6.45, 7) is 8.47. The van der Waals surface area contributed by atoms with Gasteiger partial charge in [0.1, 0.15) is 23.0 Å². The van der Waals surface area contributed by atoms with E-state index in [1.54, 1.807) is 48.5 Å². The summed E-state index contributed by atoms with van der Waals surface area (Å²) in [5.41, 5.74) is 4.20. The molecule has 0 amide bonds. The molecule has 4 aromatic rings. The number of benzene rings is 4. The molecule has 202 valence electrons. The van der Waals surface area contributed by atoms with Gasteiger partial charge in [-0.05, 0) is 70.8 Å². The lowest BCUT2D eigenvalue weighted by molar-refractivity contribution is 0.368. The third-order valence-corrected chi connectivity index (χ3v) is 6.36. The van der Waals surface area contributed by atoms with E-state index in [0.717, 1.165) is 22.3 Å². The lowest BCUT2D eigenvalue weighted by atomic mass is 9.78. The average Bonchev–Trinajstić information content (AvgIpc) is 2.85. The highest BCUT2D eigenvalue weighted by atomic mass is 31.2. The molecular weight excluding hydrogens is 503 g/mol. The standard InChI is InChI=1S/2C15H16O2.H3O3P/c2*1-15(2,11-3-7-13(16)8-4-11)12-5-9-14(17)10-6-12;1-4(2)3/h2*3-10,16-17H,1-2H3;1-3H. The van der Waals surface area contributed by atoms with Crippen molar-refractivity contribution >= 4 is 8.60 Å². The van der Waals surface area contributed by atoms with Gasteiger partial charge < -0.3 is 35.1 Å². The Morgan fingerprint density at radius 3 is 0.632 bits per heavy atom. The van der Waals surface area contributed by atoms with Crippen molar-refractivity contribution in [3.05, 3.63) is 119 Å². The summed E-state index contributed by atoms with van der Waals surface area (Å²) in [5.74, 6) is 1.09. The van der Waals surface area contributed by atoms with Crippen LogP contribution < -0.4 is 0 Å². The maximum atomic E-state index is 9.30. The minimum atomic E-state index is -2.62. The SMILES string of the molecule is CC(C)(c1ccc(O)cc1)c1ccc(O)cc1.CC(C)(c1ccc(O)cc1)c1ccc(O)cc1.OP(O)O. The van der Waals surface area contributed by atoms with Gasteiger partial charge in [-0.15, -0.1) is 0 Å². The zero-order valence-electron chi connectivity index (χ0n) is 21.8. The third-order valence-electron chi connectivity index (χ3n) is 6.36.